The van der Waals surface area contributed by atoms with Gasteiger partial charge in [0, 0.05) is 51.7 Å². The zero-order valence-electron chi connectivity index (χ0n) is 20.7. The number of morpholine rings is 1. The van der Waals surface area contributed by atoms with E-state index in [-0.39, 0.29) is 17.5 Å². The van der Waals surface area contributed by atoms with Gasteiger partial charge in [0.2, 0.25) is 17.5 Å². The lowest BCUT2D eigenvalue weighted by atomic mass is 9.91. The van der Waals surface area contributed by atoms with Crippen LogP contribution in [0.5, 0.6) is 0 Å². The van der Waals surface area contributed by atoms with E-state index in [4.69, 9.17) is 13.6 Å². The maximum atomic E-state index is 13.2. The lowest BCUT2D eigenvalue weighted by Crippen LogP contribution is -2.49. The van der Waals surface area contributed by atoms with Crippen molar-refractivity contribution in [3.8, 4) is 17.7 Å². The third-order valence-electron chi connectivity index (χ3n) is 7.52. The van der Waals surface area contributed by atoms with Gasteiger partial charge in [-0.05, 0) is 57.6 Å². The monoisotopic (exact) mass is 481 g/mol. The van der Waals surface area contributed by atoms with Crippen LogP contribution in [-0.2, 0) is 9.53 Å². The Morgan fingerprint density at radius 2 is 1.83 bits per heavy atom. The number of furan rings is 1. The number of oxazole rings is 1. The summed E-state index contributed by atoms with van der Waals surface area (Å²) in [6.45, 7) is 10.5. The van der Waals surface area contributed by atoms with Gasteiger partial charge in [-0.15, -0.1) is 0 Å². The van der Waals surface area contributed by atoms with E-state index in [1.54, 1.807) is 18.4 Å². The van der Waals surface area contributed by atoms with Gasteiger partial charge < -0.3 is 23.4 Å². The fourth-order valence-electron chi connectivity index (χ4n) is 5.83. The van der Waals surface area contributed by atoms with E-state index >= 15 is 0 Å². The fraction of sp³-hybridized carbons (Fsp3) is 0.654. The van der Waals surface area contributed by atoms with E-state index in [0.717, 1.165) is 58.4 Å². The molecule has 2 aromatic heterocycles. The number of nitriles is 1. The van der Waals surface area contributed by atoms with Crippen molar-refractivity contribution in [3.05, 3.63) is 24.1 Å². The van der Waals surface area contributed by atoms with Crippen LogP contribution in [0.1, 0.15) is 45.2 Å². The van der Waals surface area contributed by atoms with E-state index < -0.39 is 0 Å². The third-order valence-corrected chi connectivity index (χ3v) is 7.52. The summed E-state index contributed by atoms with van der Waals surface area (Å²) in [5, 5.41) is 9.52. The second-order valence-corrected chi connectivity index (χ2v) is 10.3. The number of hydrogen-bond donors (Lipinski definition) is 0. The minimum Gasteiger partial charge on any atom is -0.459 e. The molecule has 0 aliphatic carbocycles. The standard InChI is InChI=1S/C26H35N5O4/c1-18-15-29(16-19(2)34-18)17-20-5-9-30(10-6-20)25(32)21-7-11-31(12-8-21)26-22(14-27)28-24(35-26)23-4-3-13-33-23/h3-4,13,18-21H,5-12,15-17H2,1-2H3. The van der Waals surface area contributed by atoms with Crippen molar-refractivity contribution in [2.75, 3.05) is 50.7 Å². The largest absolute Gasteiger partial charge is 0.459 e. The molecule has 35 heavy (non-hydrogen) atoms. The minimum absolute atomic E-state index is 0.0294. The van der Waals surface area contributed by atoms with Gasteiger partial charge in [0.25, 0.3) is 5.89 Å². The molecule has 3 saturated heterocycles. The van der Waals surface area contributed by atoms with Crippen molar-refractivity contribution < 1.29 is 18.4 Å². The van der Waals surface area contributed by atoms with Gasteiger partial charge in [0.15, 0.2) is 5.76 Å². The molecule has 0 saturated carbocycles. The third kappa shape index (κ3) is 5.39. The topological polar surface area (TPSA) is 99.0 Å². The number of carbonyl (C=O) groups excluding carboxylic acids is 1. The smallest absolute Gasteiger partial charge is 0.266 e. The molecule has 9 heteroatoms. The number of amides is 1. The molecule has 0 radical (unpaired) electrons. The van der Waals surface area contributed by atoms with Crippen molar-refractivity contribution in [3.63, 3.8) is 0 Å². The van der Waals surface area contributed by atoms with Gasteiger partial charge >= 0.3 is 0 Å². The minimum atomic E-state index is 0.0294. The zero-order chi connectivity index (χ0) is 24.4. The SMILES string of the molecule is CC1CN(CC2CCN(C(=O)C3CCN(c4oc(-c5ccco5)nc4C#N)CC3)CC2)CC(C)O1. The Balaban J connectivity index is 1.11. The van der Waals surface area contributed by atoms with Crippen molar-refractivity contribution in [1.82, 2.24) is 14.8 Å². The first-order chi connectivity index (χ1) is 17.0. The van der Waals surface area contributed by atoms with Crippen molar-refractivity contribution >= 4 is 11.8 Å². The highest BCUT2D eigenvalue weighted by atomic mass is 16.5. The van der Waals surface area contributed by atoms with Gasteiger partial charge in [-0.2, -0.15) is 10.2 Å². The molecule has 2 aromatic rings. The highest BCUT2D eigenvalue weighted by molar-refractivity contribution is 5.79. The van der Waals surface area contributed by atoms with Crippen LogP contribution in [0.2, 0.25) is 0 Å². The molecular formula is C26H35N5O4. The number of rotatable bonds is 5. The summed E-state index contributed by atoms with van der Waals surface area (Å²) >= 11 is 0. The van der Waals surface area contributed by atoms with E-state index in [0.29, 0.717) is 48.8 Å². The first-order valence-corrected chi connectivity index (χ1v) is 12.9. The summed E-state index contributed by atoms with van der Waals surface area (Å²) in [6, 6.07) is 5.64. The molecule has 0 spiro atoms. The van der Waals surface area contributed by atoms with Crippen molar-refractivity contribution in [2.45, 2.75) is 51.7 Å². The Bertz CT molecular complexity index is 1020. The second-order valence-electron chi connectivity index (χ2n) is 10.3. The second kappa shape index (κ2) is 10.4. The number of piperidine rings is 2. The Labute approximate surface area is 206 Å². The van der Waals surface area contributed by atoms with Gasteiger partial charge in [-0.25, -0.2) is 0 Å². The molecule has 5 rings (SSSR count). The lowest BCUT2D eigenvalue weighted by molar-refractivity contribution is -0.137. The summed E-state index contributed by atoms with van der Waals surface area (Å²) < 4.78 is 17.1. The zero-order valence-corrected chi connectivity index (χ0v) is 20.7. The number of carbonyl (C=O) groups is 1. The van der Waals surface area contributed by atoms with Crippen LogP contribution < -0.4 is 4.90 Å². The summed E-state index contributed by atoms with van der Waals surface area (Å²) in [5.74, 6) is 2.24. The highest BCUT2D eigenvalue weighted by Gasteiger charge is 2.34. The molecule has 5 heterocycles. The molecule has 0 aromatic carbocycles. The Morgan fingerprint density at radius 1 is 1.11 bits per heavy atom. The van der Waals surface area contributed by atoms with E-state index in [2.05, 4.69) is 34.7 Å². The predicted octanol–water partition coefficient (Wildman–Crippen LogP) is 3.37. The first kappa shape index (κ1) is 23.9. The van der Waals surface area contributed by atoms with E-state index in [1.165, 1.54) is 0 Å². The molecule has 188 valence electrons. The Hall–Kier alpha value is -2.83. The van der Waals surface area contributed by atoms with Crippen LogP contribution in [0.15, 0.2) is 27.2 Å². The number of aromatic nitrogens is 1. The normalized spacial score (nSPS) is 25.1. The maximum Gasteiger partial charge on any atom is 0.266 e. The molecule has 9 nitrogen and oxygen atoms in total. The predicted molar refractivity (Wildman–Crippen MR) is 130 cm³/mol. The van der Waals surface area contributed by atoms with Crippen LogP contribution in [0.4, 0.5) is 5.88 Å². The number of anilines is 1. The number of ether oxygens (including phenoxy) is 1. The molecule has 1 amide bonds. The van der Waals surface area contributed by atoms with Gasteiger partial charge in [0.05, 0.1) is 18.5 Å². The maximum absolute atomic E-state index is 13.2. The summed E-state index contributed by atoms with van der Waals surface area (Å²) in [4.78, 5) is 24.2. The van der Waals surface area contributed by atoms with Gasteiger partial charge in [-0.1, -0.05) is 0 Å². The molecule has 0 N–H and O–H groups in total. The van der Waals surface area contributed by atoms with Crippen molar-refractivity contribution in [1.29, 1.82) is 5.26 Å². The van der Waals surface area contributed by atoms with Crippen LogP contribution in [0.25, 0.3) is 11.7 Å². The molecule has 3 aliphatic rings. The van der Waals surface area contributed by atoms with Crippen LogP contribution in [-0.4, -0.2) is 78.7 Å². The van der Waals surface area contributed by atoms with Gasteiger partial charge in [-0.3, -0.25) is 9.69 Å². The number of likely N-dealkylation sites (tertiary alicyclic amines) is 1. The van der Waals surface area contributed by atoms with Crippen LogP contribution in [0.3, 0.4) is 0 Å². The Kier molecular flexibility index (Phi) is 7.12. The molecule has 3 fully saturated rings. The average molecular weight is 482 g/mol. The summed E-state index contributed by atoms with van der Waals surface area (Å²) in [6.07, 6.45) is 5.80. The Morgan fingerprint density at radius 3 is 2.46 bits per heavy atom. The number of hydrogen-bond acceptors (Lipinski definition) is 8. The molecular weight excluding hydrogens is 446 g/mol. The molecule has 2 unspecified atom stereocenters. The summed E-state index contributed by atoms with van der Waals surface area (Å²) in [7, 11) is 0. The molecule has 0 bridgehead atoms. The molecule has 2 atom stereocenters. The molecule has 3 aliphatic heterocycles. The first-order valence-electron chi connectivity index (χ1n) is 12.9. The van der Waals surface area contributed by atoms with Crippen LogP contribution in [0, 0.1) is 23.2 Å². The fourth-order valence-corrected chi connectivity index (χ4v) is 5.83. The van der Waals surface area contributed by atoms with E-state index in [1.807, 2.05) is 4.90 Å². The average Bonchev–Trinajstić information content (AvgIpc) is 3.54. The number of nitrogens with zero attached hydrogens (tertiary/aromatic N) is 5. The lowest BCUT2D eigenvalue weighted by Gasteiger charge is -2.40. The van der Waals surface area contributed by atoms with Crippen LogP contribution >= 0.6 is 0 Å². The van der Waals surface area contributed by atoms with Crippen molar-refractivity contribution in [2.24, 2.45) is 11.8 Å². The summed E-state index contributed by atoms with van der Waals surface area (Å²) in [5.41, 5.74) is 0.257. The quantitative estimate of drug-likeness (QED) is 0.641. The highest BCUT2D eigenvalue weighted by Crippen LogP contribution is 2.32. The van der Waals surface area contributed by atoms with E-state index in [9.17, 15) is 10.1 Å². The van der Waals surface area contributed by atoms with Gasteiger partial charge in [0.1, 0.15) is 6.07 Å².